The minimum Gasteiger partial charge on any atom is -0.497 e. The second-order valence-electron chi connectivity index (χ2n) is 6.84. The van der Waals surface area contributed by atoms with Crippen molar-refractivity contribution in [1.82, 2.24) is 10.6 Å². The molecule has 1 aliphatic heterocycles. The summed E-state index contributed by atoms with van der Waals surface area (Å²) in [4.78, 5) is 6.25. The van der Waals surface area contributed by atoms with Crippen molar-refractivity contribution in [3.63, 3.8) is 0 Å². The van der Waals surface area contributed by atoms with E-state index in [-0.39, 0.29) is 5.82 Å². The Morgan fingerprint density at radius 1 is 1.07 bits per heavy atom. The zero-order valence-corrected chi connectivity index (χ0v) is 17.7. The first kappa shape index (κ1) is 21.7. The quantitative estimate of drug-likeness (QED) is 0.534. The zero-order valence-electron chi connectivity index (χ0n) is 17.7. The van der Waals surface area contributed by atoms with Crippen molar-refractivity contribution in [3.8, 4) is 11.5 Å². The van der Waals surface area contributed by atoms with Crippen LogP contribution in [0, 0.1) is 5.82 Å². The number of ether oxygens (including phenoxy) is 3. The Morgan fingerprint density at radius 3 is 2.50 bits per heavy atom. The van der Waals surface area contributed by atoms with E-state index in [1.165, 1.54) is 0 Å². The van der Waals surface area contributed by atoms with Crippen LogP contribution in [-0.4, -0.2) is 53.5 Å². The number of rotatable bonds is 7. The number of halogens is 1. The average Bonchev–Trinajstić information content (AvgIpc) is 2.79. The SMILES string of the molecule is CN=C(NCc1ccc(N2CCOCC2)c(F)c1)NCc1ccc(OC)cc1OC. The molecule has 0 bridgehead atoms. The van der Waals surface area contributed by atoms with Gasteiger partial charge < -0.3 is 29.7 Å². The van der Waals surface area contributed by atoms with E-state index < -0.39 is 0 Å². The number of anilines is 1. The third kappa shape index (κ3) is 5.54. The molecule has 2 aromatic carbocycles. The fourth-order valence-corrected chi connectivity index (χ4v) is 3.30. The third-order valence-electron chi connectivity index (χ3n) is 4.99. The largest absolute Gasteiger partial charge is 0.497 e. The van der Waals surface area contributed by atoms with Crippen molar-refractivity contribution in [3.05, 3.63) is 53.3 Å². The summed E-state index contributed by atoms with van der Waals surface area (Å²) in [6.07, 6.45) is 0. The maximum absolute atomic E-state index is 14.6. The molecule has 0 unspecified atom stereocenters. The van der Waals surface area contributed by atoms with E-state index in [4.69, 9.17) is 14.2 Å². The molecule has 0 amide bonds. The molecule has 7 nitrogen and oxygen atoms in total. The highest BCUT2D eigenvalue weighted by atomic mass is 19.1. The van der Waals surface area contributed by atoms with Crippen LogP contribution in [0.5, 0.6) is 11.5 Å². The summed E-state index contributed by atoms with van der Waals surface area (Å²) in [6, 6.07) is 11.0. The summed E-state index contributed by atoms with van der Waals surface area (Å²) in [5.41, 5.74) is 2.44. The van der Waals surface area contributed by atoms with Crippen LogP contribution in [0.3, 0.4) is 0 Å². The Hall–Kier alpha value is -3.00. The van der Waals surface area contributed by atoms with Crippen LogP contribution in [0.1, 0.15) is 11.1 Å². The standard InChI is InChI=1S/C22H29FN4O3/c1-24-22(26-15-17-5-6-18(28-2)13-21(17)29-3)25-14-16-4-7-20(19(23)12-16)27-8-10-30-11-9-27/h4-7,12-13H,8-11,14-15H2,1-3H3,(H2,24,25,26). The lowest BCUT2D eigenvalue weighted by Crippen LogP contribution is -2.37. The lowest BCUT2D eigenvalue weighted by Gasteiger charge is -2.29. The van der Waals surface area contributed by atoms with E-state index in [2.05, 4.69) is 15.6 Å². The van der Waals surface area contributed by atoms with Crippen LogP contribution in [-0.2, 0) is 17.8 Å². The molecule has 8 heteroatoms. The minimum atomic E-state index is -0.220. The van der Waals surface area contributed by atoms with Gasteiger partial charge in [-0.05, 0) is 29.8 Å². The molecule has 0 aromatic heterocycles. The molecule has 0 atom stereocenters. The highest BCUT2D eigenvalue weighted by Crippen LogP contribution is 2.24. The number of hydrogen-bond donors (Lipinski definition) is 2. The predicted octanol–water partition coefficient (Wildman–Crippen LogP) is 2.54. The Morgan fingerprint density at radius 2 is 1.83 bits per heavy atom. The minimum absolute atomic E-state index is 0.220. The second-order valence-corrected chi connectivity index (χ2v) is 6.84. The van der Waals surface area contributed by atoms with Crippen LogP contribution in [0.15, 0.2) is 41.4 Å². The van der Waals surface area contributed by atoms with Crippen LogP contribution >= 0.6 is 0 Å². The molecule has 1 aliphatic rings. The number of methoxy groups -OCH3 is 2. The number of guanidine groups is 1. The van der Waals surface area contributed by atoms with Crippen molar-refractivity contribution in [2.75, 3.05) is 52.5 Å². The fourth-order valence-electron chi connectivity index (χ4n) is 3.30. The summed E-state index contributed by atoms with van der Waals surface area (Å²) >= 11 is 0. The first-order chi connectivity index (χ1) is 14.6. The van der Waals surface area contributed by atoms with Gasteiger partial charge in [-0.1, -0.05) is 6.07 Å². The molecule has 162 valence electrons. The summed E-state index contributed by atoms with van der Waals surface area (Å²) < 4.78 is 30.6. The Labute approximate surface area is 176 Å². The van der Waals surface area contributed by atoms with Gasteiger partial charge in [-0.2, -0.15) is 0 Å². The molecule has 3 rings (SSSR count). The zero-order chi connectivity index (χ0) is 21.3. The summed E-state index contributed by atoms with van der Waals surface area (Å²) in [7, 11) is 4.94. The normalized spacial score (nSPS) is 14.4. The van der Waals surface area contributed by atoms with E-state index in [0.717, 1.165) is 22.6 Å². The first-order valence-corrected chi connectivity index (χ1v) is 9.91. The van der Waals surface area contributed by atoms with Gasteiger partial charge in [0, 0.05) is 44.9 Å². The van der Waals surface area contributed by atoms with Gasteiger partial charge in [0.15, 0.2) is 5.96 Å². The van der Waals surface area contributed by atoms with Gasteiger partial charge in [-0.3, -0.25) is 4.99 Å². The Balaban J connectivity index is 1.56. The van der Waals surface area contributed by atoms with Gasteiger partial charge >= 0.3 is 0 Å². The lowest BCUT2D eigenvalue weighted by atomic mass is 10.1. The van der Waals surface area contributed by atoms with Gasteiger partial charge in [0.05, 0.1) is 33.1 Å². The molecule has 30 heavy (non-hydrogen) atoms. The Kier molecular flexibility index (Phi) is 7.73. The van der Waals surface area contributed by atoms with E-state index in [1.807, 2.05) is 35.2 Å². The summed E-state index contributed by atoms with van der Waals surface area (Å²) in [6.45, 7) is 3.66. The molecular formula is C22H29FN4O3. The molecule has 0 saturated carbocycles. The molecule has 2 aromatic rings. The highest BCUT2D eigenvalue weighted by Gasteiger charge is 2.15. The van der Waals surface area contributed by atoms with Crippen molar-refractivity contribution in [2.45, 2.75) is 13.1 Å². The van der Waals surface area contributed by atoms with Crippen LogP contribution < -0.4 is 25.0 Å². The predicted molar refractivity (Wildman–Crippen MR) is 116 cm³/mol. The second kappa shape index (κ2) is 10.7. The molecule has 2 N–H and O–H groups in total. The Bertz CT molecular complexity index is 869. The van der Waals surface area contributed by atoms with Gasteiger partial charge in [-0.15, -0.1) is 0 Å². The molecule has 0 aliphatic carbocycles. The average molecular weight is 416 g/mol. The molecular weight excluding hydrogens is 387 g/mol. The molecule has 0 spiro atoms. The molecule has 1 saturated heterocycles. The van der Waals surface area contributed by atoms with E-state index >= 15 is 0 Å². The number of benzene rings is 2. The topological polar surface area (TPSA) is 67.4 Å². The molecule has 0 radical (unpaired) electrons. The number of aliphatic imine (C=N–C) groups is 1. The van der Waals surface area contributed by atoms with E-state index in [0.29, 0.717) is 51.0 Å². The van der Waals surface area contributed by atoms with Gasteiger partial charge in [0.2, 0.25) is 0 Å². The number of nitrogens with zero attached hydrogens (tertiary/aromatic N) is 2. The van der Waals surface area contributed by atoms with Crippen LogP contribution in [0.25, 0.3) is 0 Å². The summed E-state index contributed by atoms with van der Waals surface area (Å²) in [5, 5.41) is 6.46. The fraction of sp³-hybridized carbons (Fsp3) is 0.409. The number of morpholine rings is 1. The van der Waals surface area contributed by atoms with Crippen molar-refractivity contribution in [2.24, 2.45) is 4.99 Å². The highest BCUT2D eigenvalue weighted by molar-refractivity contribution is 5.79. The van der Waals surface area contributed by atoms with E-state index in [9.17, 15) is 4.39 Å². The van der Waals surface area contributed by atoms with Crippen molar-refractivity contribution >= 4 is 11.6 Å². The van der Waals surface area contributed by atoms with Gasteiger partial charge in [0.25, 0.3) is 0 Å². The van der Waals surface area contributed by atoms with Crippen molar-refractivity contribution in [1.29, 1.82) is 0 Å². The number of hydrogen-bond acceptors (Lipinski definition) is 5. The first-order valence-electron chi connectivity index (χ1n) is 9.91. The van der Waals surface area contributed by atoms with Crippen LogP contribution in [0.2, 0.25) is 0 Å². The van der Waals surface area contributed by atoms with Gasteiger partial charge in [-0.25, -0.2) is 4.39 Å². The number of nitrogens with one attached hydrogen (secondary N) is 2. The smallest absolute Gasteiger partial charge is 0.191 e. The maximum Gasteiger partial charge on any atom is 0.191 e. The van der Waals surface area contributed by atoms with Crippen molar-refractivity contribution < 1.29 is 18.6 Å². The third-order valence-corrected chi connectivity index (χ3v) is 4.99. The maximum atomic E-state index is 14.6. The monoisotopic (exact) mass is 416 g/mol. The molecule has 1 heterocycles. The van der Waals surface area contributed by atoms with E-state index in [1.54, 1.807) is 27.3 Å². The lowest BCUT2D eigenvalue weighted by molar-refractivity contribution is 0.122. The molecule has 1 fully saturated rings. The summed E-state index contributed by atoms with van der Waals surface area (Å²) in [5.74, 6) is 1.87. The van der Waals surface area contributed by atoms with Gasteiger partial charge in [0.1, 0.15) is 17.3 Å². The van der Waals surface area contributed by atoms with Crippen LogP contribution in [0.4, 0.5) is 10.1 Å².